The number of aliphatic hydroxyl groups excluding tert-OH is 1. The van der Waals surface area contributed by atoms with Crippen LogP contribution >= 0.6 is 0 Å². The molecule has 3 aliphatic rings. The Morgan fingerprint density at radius 1 is 0.718 bits per heavy atom. The Balaban J connectivity index is 1.24. The average Bonchev–Trinajstić information content (AvgIpc) is 3.52. The van der Waals surface area contributed by atoms with Crippen LogP contribution in [0.4, 0.5) is 0 Å². The zero-order chi connectivity index (χ0) is 28.1. The predicted molar refractivity (Wildman–Crippen MR) is 150 cm³/mol. The van der Waals surface area contributed by atoms with Gasteiger partial charge in [0.15, 0.2) is 17.9 Å². The average molecular weight is 559 g/mol. The molecule has 3 heterocycles. The largest absolute Gasteiger partial charge is 0.394 e. The van der Waals surface area contributed by atoms with E-state index in [2.05, 4.69) is 6.92 Å². The number of rotatable bonds is 21. The van der Waals surface area contributed by atoms with E-state index in [9.17, 15) is 5.11 Å². The Kier molecular flexibility index (Phi) is 14.4. The van der Waals surface area contributed by atoms with E-state index < -0.39 is 24.0 Å². The molecule has 3 aliphatic heterocycles. The molecule has 8 heteroatoms. The lowest BCUT2D eigenvalue weighted by Crippen LogP contribution is -2.40. The Morgan fingerprint density at radius 3 is 1.82 bits per heavy atom. The highest BCUT2D eigenvalue weighted by molar-refractivity contribution is 4.99. The van der Waals surface area contributed by atoms with Gasteiger partial charge in [-0.2, -0.15) is 0 Å². The van der Waals surface area contributed by atoms with Gasteiger partial charge in [-0.1, -0.05) is 90.4 Å². The van der Waals surface area contributed by atoms with E-state index >= 15 is 0 Å². The monoisotopic (exact) mass is 558 g/mol. The van der Waals surface area contributed by atoms with Crippen LogP contribution in [0.3, 0.4) is 0 Å². The molecule has 0 bridgehead atoms. The van der Waals surface area contributed by atoms with Gasteiger partial charge in [0, 0.05) is 6.61 Å². The van der Waals surface area contributed by atoms with E-state index in [1.807, 2.05) is 27.7 Å². The molecule has 0 aromatic carbocycles. The fraction of sp³-hybridized carbons (Fsp3) is 1.00. The highest BCUT2D eigenvalue weighted by atomic mass is 16.8. The molecule has 0 amide bonds. The quantitative estimate of drug-likeness (QED) is 0.165. The maximum Gasteiger partial charge on any atom is 0.187 e. The van der Waals surface area contributed by atoms with Gasteiger partial charge in [0.2, 0.25) is 0 Å². The van der Waals surface area contributed by atoms with Crippen molar-refractivity contribution in [2.45, 2.75) is 173 Å². The molecule has 0 spiro atoms. The van der Waals surface area contributed by atoms with E-state index in [1.165, 1.54) is 77.0 Å². The fourth-order valence-electron chi connectivity index (χ4n) is 5.80. The van der Waals surface area contributed by atoms with Gasteiger partial charge in [-0.05, 0) is 34.1 Å². The van der Waals surface area contributed by atoms with Crippen molar-refractivity contribution in [1.29, 1.82) is 0 Å². The first kappa shape index (κ1) is 33.2. The molecule has 39 heavy (non-hydrogen) atoms. The number of unbranched alkanes of at least 4 members (excludes halogenated alkanes) is 13. The summed E-state index contributed by atoms with van der Waals surface area (Å²) in [4.78, 5) is 0. The predicted octanol–water partition coefficient (Wildman–Crippen LogP) is 6.26. The third kappa shape index (κ3) is 11.5. The van der Waals surface area contributed by atoms with E-state index in [1.54, 1.807) is 0 Å². The molecule has 3 fully saturated rings. The lowest BCUT2D eigenvalue weighted by atomic mass is 10.0. The summed E-state index contributed by atoms with van der Waals surface area (Å²) in [6.07, 6.45) is 16.3. The SMILES string of the molecule is CCCCCCCCCCCCCCCCOC(CO)CO[C@H]1O[C@H]([C@H]2COC(C)(C)O2)[C@@H]2OC(C)(C)O[C@H]12. The molecule has 0 aromatic rings. The van der Waals surface area contributed by atoms with Crippen molar-refractivity contribution >= 4 is 0 Å². The maximum atomic E-state index is 9.83. The van der Waals surface area contributed by atoms with Crippen molar-refractivity contribution < 1.29 is 38.3 Å². The molecule has 0 radical (unpaired) electrons. The topological polar surface area (TPSA) is 84.8 Å². The Hall–Kier alpha value is -0.320. The highest BCUT2D eigenvalue weighted by Crippen LogP contribution is 2.42. The number of hydrogen-bond donors (Lipinski definition) is 1. The summed E-state index contributed by atoms with van der Waals surface area (Å²) in [6, 6.07) is 0. The standard InChI is InChI=1S/C31H58O8/c1-6-7-8-9-10-11-12-13-14-15-16-17-18-19-20-33-24(21-32)22-34-29-28-27(38-31(4,5)39-28)26(36-29)25-23-35-30(2,3)37-25/h24-29,32H,6-23H2,1-5H3/t24?,25-,26-,27+,28+,29+/m1/s1. The van der Waals surface area contributed by atoms with Gasteiger partial charge in [0.25, 0.3) is 0 Å². The van der Waals surface area contributed by atoms with Crippen LogP contribution in [0.2, 0.25) is 0 Å². The van der Waals surface area contributed by atoms with Crippen molar-refractivity contribution in [2.24, 2.45) is 0 Å². The van der Waals surface area contributed by atoms with Crippen LogP contribution in [0.1, 0.15) is 125 Å². The van der Waals surface area contributed by atoms with Gasteiger partial charge >= 0.3 is 0 Å². The number of aliphatic hydroxyl groups is 1. The van der Waals surface area contributed by atoms with Crippen LogP contribution in [0.15, 0.2) is 0 Å². The Morgan fingerprint density at radius 2 is 1.28 bits per heavy atom. The van der Waals surface area contributed by atoms with Gasteiger partial charge in [0.05, 0.1) is 19.8 Å². The molecule has 8 nitrogen and oxygen atoms in total. The first-order chi connectivity index (χ1) is 18.7. The number of fused-ring (bicyclic) bond motifs is 1. The van der Waals surface area contributed by atoms with Crippen LogP contribution < -0.4 is 0 Å². The third-order valence-electron chi connectivity index (χ3n) is 7.95. The van der Waals surface area contributed by atoms with E-state index in [0.717, 1.165) is 12.8 Å². The second-order valence-corrected chi connectivity index (χ2v) is 12.5. The summed E-state index contributed by atoms with van der Waals surface area (Å²) in [5.74, 6) is -1.38. The lowest BCUT2D eigenvalue weighted by Gasteiger charge is -2.27. The number of hydrogen-bond acceptors (Lipinski definition) is 8. The fourth-order valence-corrected chi connectivity index (χ4v) is 5.80. The molecular weight excluding hydrogens is 500 g/mol. The zero-order valence-electron chi connectivity index (χ0n) is 25.5. The molecule has 1 N–H and O–H groups in total. The first-order valence-corrected chi connectivity index (χ1v) is 15.9. The van der Waals surface area contributed by atoms with E-state index in [-0.39, 0.29) is 37.6 Å². The van der Waals surface area contributed by atoms with Gasteiger partial charge in [0.1, 0.15) is 30.5 Å². The van der Waals surface area contributed by atoms with Crippen molar-refractivity contribution in [3.05, 3.63) is 0 Å². The van der Waals surface area contributed by atoms with Gasteiger partial charge in [-0.15, -0.1) is 0 Å². The van der Waals surface area contributed by atoms with E-state index in [4.69, 9.17) is 33.2 Å². The highest BCUT2D eigenvalue weighted by Gasteiger charge is 2.59. The molecular formula is C31H58O8. The van der Waals surface area contributed by atoms with Crippen LogP contribution in [0.25, 0.3) is 0 Å². The van der Waals surface area contributed by atoms with Gasteiger partial charge in [-0.25, -0.2) is 0 Å². The molecule has 0 aromatic heterocycles. The summed E-state index contributed by atoms with van der Waals surface area (Å²) in [6.45, 7) is 11.0. The zero-order valence-corrected chi connectivity index (χ0v) is 25.5. The summed E-state index contributed by atoms with van der Waals surface area (Å²) in [5, 5.41) is 9.83. The molecule has 230 valence electrons. The van der Waals surface area contributed by atoms with Crippen molar-refractivity contribution in [1.82, 2.24) is 0 Å². The van der Waals surface area contributed by atoms with E-state index in [0.29, 0.717) is 13.2 Å². The normalized spacial score (nSPS) is 30.2. The maximum absolute atomic E-state index is 9.83. The molecule has 0 saturated carbocycles. The summed E-state index contributed by atoms with van der Waals surface area (Å²) >= 11 is 0. The molecule has 1 unspecified atom stereocenters. The Bertz CT molecular complexity index is 657. The van der Waals surface area contributed by atoms with Crippen LogP contribution in [-0.4, -0.2) is 79.9 Å². The van der Waals surface area contributed by atoms with Gasteiger partial charge in [-0.3, -0.25) is 0 Å². The third-order valence-corrected chi connectivity index (χ3v) is 7.95. The summed E-state index contributed by atoms with van der Waals surface area (Å²) < 4.78 is 42.2. The first-order valence-electron chi connectivity index (χ1n) is 15.9. The van der Waals surface area contributed by atoms with Crippen LogP contribution in [0.5, 0.6) is 0 Å². The second kappa shape index (κ2) is 17.0. The summed E-state index contributed by atoms with van der Waals surface area (Å²) in [5.41, 5.74) is 0. The minimum absolute atomic E-state index is 0.0978. The number of ether oxygens (including phenoxy) is 7. The minimum Gasteiger partial charge on any atom is -0.394 e. The molecule has 0 aliphatic carbocycles. The van der Waals surface area contributed by atoms with Crippen molar-refractivity contribution in [2.75, 3.05) is 26.4 Å². The molecule has 6 atom stereocenters. The van der Waals surface area contributed by atoms with Crippen LogP contribution in [-0.2, 0) is 33.2 Å². The van der Waals surface area contributed by atoms with Crippen molar-refractivity contribution in [3.8, 4) is 0 Å². The Labute approximate surface area is 237 Å². The smallest absolute Gasteiger partial charge is 0.187 e. The summed E-state index contributed by atoms with van der Waals surface area (Å²) in [7, 11) is 0. The minimum atomic E-state index is -0.727. The molecule has 3 rings (SSSR count). The molecule has 3 saturated heterocycles. The van der Waals surface area contributed by atoms with Crippen molar-refractivity contribution in [3.63, 3.8) is 0 Å². The van der Waals surface area contributed by atoms with Gasteiger partial charge < -0.3 is 38.3 Å². The van der Waals surface area contributed by atoms with Crippen LogP contribution in [0, 0.1) is 0 Å². The lowest BCUT2D eigenvalue weighted by molar-refractivity contribution is -0.252. The second-order valence-electron chi connectivity index (χ2n) is 12.5.